The molecule has 0 radical (unpaired) electrons. The van der Waals surface area contributed by atoms with Gasteiger partial charge in [0.25, 0.3) is 0 Å². The second kappa shape index (κ2) is 17.9. The highest BCUT2D eigenvalue weighted by molar-refractivity contribution is 6.89. The molecule has 77 heavy (non-hydrogen) atoms. The highest BCUT2D eigenvalue weighted by Gasteiger charge is 2.27. The molecule has 7 heteroatoms. The van der Waals surface area contributed by atoms with Gasteiger partial charge in [-0.1, -0.05) is 220 Å². The third kappa shape index (κ3) is 7.79. The van der Waals surface area contributed by atoms with Gasteiger partial charge in [0.2, 0.25) is 0 Å². The Balaban J connectivity index is 0.979. The molecule has 14 aromatic rings. The highest BCUT2D eigenvalue weighted by Crippen LogP contribution is 2.50. The summed E-state index contributed by atoms with van der Waals surface area (Å²) in [4.78, 5) is 4.71. The molecule has 0 N–H and O–H groups in total. The van der Waals surface area contributed by atoms with E-state index in [9.17, 15) is 0 Å². The lowest BCUT2D eigenvalue weighted by molar-refractivity contribution is 0.667. The Hall–Kier alpha value is -8.89. The zero-order valence-corrected chi connectivity index (χ0v) is 46.1. The van der Waals surface area contributed by atoms with E-state index < -0.39 is 16.1 Å². The molecule has 0 unspecified atom stereocenters. The molecule has 372 valence electrons. The second-order valence-electron chi connectivity index (χ2n) is 22.5. The molecule has 0 aliphatic rings. The Kier molecular flexibility index (Phi) is 10.8. The van der Waals surface area contributed by atoms with Crippen molar-refractivity contribution in [2.75, 3.05) is 9.80 Å². The minimum absolute atomic E-state index is 0.797. The van der Waals surface area contributed by atoms with Gasteiger partial charge in [-0.25, -0.2) is 0 Å². The van der Waals surface area contributed by atoms with Crippen LogP contribution in [0.3, 0.4) is 0 Å². The molecule has 5 nitrogen and oxygen atoms in total. The molecule has 0 atom stereocenters. The Morgan fingerprint density at radius 1 is 0.286 bits per heavy atom. The first kappa shape index (κ1) is 46.6. The van der Waals surface area contributed by atoms with E-state index in [1.165, 1.54) is 10.4 Å². The number of rotatable bonds is 10. The van der Waals surface area contributed by atoms with Crippen LogP contribution in [0.5, 0.6) is 0 Å². The number of hydrogen-bond acceptors (Lipinski definition) is 5. The van der Waals surface area contributed by atoms with Crippen LogP contribution in [0.25, 0.3) is 98.8 Å². The summed E-state index contributed by atoms with van der Waals surface area (Å²) < 4.78 is 21.5. The van der Waals surface area contributed by atoms with Crippen molar-refractivity contribution in [1.29, 1.82) is 0 Å². The van der Waals surface area contributed by atoms with Crippen molar-refractivity contribution in [2.24, 2.45) is 0 Å². The molecular formula is C70H56N2O3Si2. The van der Waals surface area contributed by atoms with Crippen LogP contribution < -0.4 is 20.2 Å². The Morgan fingerprint density at radius 2 is 0.714 bits per heavy atom. The molecule has 14 rings (SSSR count). The van der Waals surface area contributed by atoms with E-state index in [0.717, 1.165) is 133 Å². The van der Waals surface area contributed by atoms with Crippen LogP contribution in [0.1, 0.15) is 0 Å². The third-order valence-electron chi connectivity index (χ3n) is 15.6. The minimum Gasteiger partial charge on any atom is -0.456 e. The third-order valence-corrected chi connectivity index (χ3v) is 19.7. The second-order valence-corrected chi connectivity index (χ2v) is 32.6. The highest BCUT2D eigenvalue weighted by atomic mass is 28.3. The molecule has 3 aromatic heterocycles. The summed E-state index contributed by atoms with van der Waals surface area (Å²) in [6.45, 7) is 14.4. The van der Waals surface area contributed by atoms with Crippen molar-refractivity contribution in [3.63, 3.8) is 0 Å². The van der Waals surface area contributed by atoms with E-state index in [-0.39, 0.29) is 0 Å². The number of fused-ring (bicyclic) bond motifs is 11. The number of furan rings is 3. The maximum absolute atomic E-state index is 7.22. The van der Waals surface area contributed by atoms with Gasteiger partial charge >= 0.3 is 0 Å². The van der Waals surface area contributed by atoms with Crippen LogP contribution in [0.15, 0.2) is 244 Å². The van der Waals surface area contributed by atoms with Gasteiger partial charge in [0, 0.05) is 72.3 Å². The summed E-state index contributed by atoms with van der Waals surface area (Å²) in [5, 5.41) is 11.4. The van der Waals surface area contributed by atoms with Crippen LogP contribution in [0.2, 0.25) is 39.3 Å². The van der Waals surface area contributed by atoms with Gasteiger partial charge in [0.1, 0.15) is 22.3 Å². The van der Waals surface area contributed by atoms with Crippen LogP contribution in [0.4, 0.5) is 34.1 Å². The van der Waals surface area contributed by atoms with Gasteiger partial charge in [-0.2, -0.15) is 0 Å². The summed E-state index contributed by atoms with van der Waals surface area (Å²) in [6.07, 6.45) is 0. The monoisotopic (exact) mass is 1030 g/mol. The predicted molar refractivity (Wildman–Crippen MR) is 332 cm³/mol. The van der Waals surface area contributed by atoms with Crippen molar-refractivity contribution in [3.8, 4) is 22.3 Å². The quantitative estimate of drug-likeness (QED) is 0.128. The molecule has 11 aromatic carbocycles. The van der Waals surface area contributed by atoms with Crippen LogP contribution in [0, 0.1) is 0 Å². The van der Waals surface area contributed by atoms with Crippen molar-refractivity contribution in [1.82, 2.24) is 0 Å². The summed E-state index contributed by atoms with van der Waals surface area (Å²) >= 11 is 0. The van der Waals surface area contributed by atoms with Crippen molar-refractivity contribution in [2.45, 2.75) is 39.3 Å². The number of para-hydroxylation sites is 4. The molecule has 0 spiro atoms. The Bertz CT molecular complexity index is 4580. The fourth-order valence-electron chi connectivity index (χ4n) is 11.6. The molecule has 0 saturated heterocycles. The van der Waals surface area contributed by atoms with Crippen LogP contribution in [-0.4, -0.2) is 16.1 Å². The first-order chi connectivity index (χ1) is 37.5. The molecule has 0 saturated carbocycles. The number of benzene rings is 11. The van der Waals surface area contributed by atoms with Gasteiger partial charge in [0.05, 0.1) is 38.9 Å². The van der Waals surface area contributed by atoms with Gasteiger partial charge in [-0.15, -0.1) is 0 Å². The number of nitrogens with zero attached hydrogens (tertiary/aromatic N) is 2. The number of anilines is 6. The topological polar surface area (TPSA) is 45.9 Å². The Labute approximate surface area is 449 Å². The van der Waals surface area contributed by atoms with Gasteiger partial charge in [-0.05, 0) is 65.0 Å². The van der Waals surface area contributed by atoms with E-state index >= 15 is 0 Å². The minimum atomic E-state index is -1.62. The van der Waals surface area contributed by atoms with Gasteiger partial charge < -0.3 is 23.1 Å². The first-order valence-electron chi connectivity index (χ1n) is 26.6. The standard InChI is InChI=1S/C70H56N2O3Si2/c1-76(2,3)50-38-33-47(34-39-50)71(61-31-17-29-58-56-27-15-25-52(67(56)74-69(58)61)45-19-9-7-10-20-45)49-37-42-60-64(43-49)73-65-44-63(54-23-13-14-24-55(54)66(60)65)72(48-35-40-51(41-36-48)77(4,5)6)62-32-18-30-59-57-28-16-26-53(68(57)75-70(59)62)46-21-11-8-12-22-46/h7-44H,1-6H3. The normalized spacial score (nSPS) is 12.3. The molecule has 3 heterocycles. The van der Waals surface area contributed by atoms with E-state index in [1.807, 2.05) is 0 Å². The molecular weight excluding hydrogens is 973 g/mol. The van der Waals surface area contributed by atoms with E-state index in [2.05, 4.69) is 280 Å². The smallest absolute Gasteiger partial charge is 0.159 e. The molecule has 0 bridgehead atoms. The first-order valence-corrected chi connectivity index (χ1v) is 33.6. The lowest BCUT2D eigenvalue weighted by atomic mass is 10.00. The summed E-state index contributed by atoms with van der Waals surface area (Å²) in [5.74, 6) is 0. The molecule has 0 amide bonds. The van der Waals surface area contributed by atoms with Gasteiger partial charge in [-0.3, -0.25) is 0 Å². The van der Waals surface area contributed by atoms with E-state index in [4.69, 9.17) is 13.3 Å². The zero-order valence-electron chi connectivity index (χ0n) is 44.1. The fourth-order valence-corrected chi connectivity index (χ4v) is 14.0. The lowest BCUT2D eigenvalue weighted by Gasteiger charge is -2.28. The van der Waals surface area contributed by atoms with Crippen molar-refractivity contribution < 1.29 is 13.3 Å². The van der Waals surface area contributed by atoms with E-state index in [0.29, 0.717) is 0 Å². The molecule has 0 fully saturated rings. The predicted octanol–water partition coefficient (Wildman–Crippen LogP) is 19.9. The summed E-state index contributed by atoms with van der Waals surface area (Å²) in [7, 11) is -3.21. The van der Waals surface area contributed by atoms with E-state index in [1.54, 1.807) is 0 Å². The summed E-state index contributed by atoms with van der Waals surface area (Å²) in [5.41, 5.74) is 15.3. The van der Waals surface area contributed by atoms with Crippen molar-refractivity contribution >= 4 is 137 Å². The van der Waals surface area contributed by atoms with Gasteiger partial charge in [0.15, 0.2) is 11.2 Å². The Morgan fingerprint density at radius 3 is 1.23 bits per heavy atom. The lowest BCUT2D eigenvalue weighted by Crippen LogP contribution is -2.37. The number of hydrogen-bond donors (Lipinski definition) is 0. The molecule has 0 aliphatic carbocycles. The SMILES string of the molecule is C[Si](C)(C)c1ccc(N(c2ccc3c(c2)oc2cc(N(c4ccc([Si](C)(C)C)cc4)c4cccc5c4oc4c(-c6ccccc6)cccc45)c4ccccc4c23)c2cccc3c2oc2c(-c4ccccc4)cccc23)cc1. The maximum atomic E-state index is 7.22. The maximum Gasteiger partial charge on any atom is 0.159 e. The molecule has 0 aliphatic heterocycles. The average Bonchev–Trinajstić information content (AvgIpc) is 4.33. The summed E-state index contributed by atoms with van der Waals surface area (Å²) in [6, 6.07) is 83.1. The van der Waals surface area contributed by atoms with Crippen molar-refractivity contribution in [3.05, 3.63) is 231 Å². The fraction of sp³-hybridized carbons (Fsp3) is 0.0857. The average molecular weight is 1030 g/mol. The van der Waals surface area contributed by atoms with Crippen LogP contribution in [-0.2, 0) is 0 Å². The van der Waals surface area contributed by atoms with Crippen LogP contribution >= 0.6 is 0 Å². The zero-order chi connectivity index (χ0) is 52.2. The largest absolute Gasteiger partial charge is 0.456 e.